The van der Waals surface area contributed by atoms with E-state index in [4.69, 9.17) is 11.6 Å². The van der Waals surface area contributed by atoms with E-state index in [1.54, 1.807) is 7.05 Å². The molecule has 0 fully saturated rings. The number of hydrogen-bond donors (Lipinski definition) is 1. The number of aliphatic imine (C=N–C) groups is 1. The zero-order chi connectivity index (χ0) is 14.1. The van der Waals surface area contributed by atoms with Gasteiger partial charge in [-0.15, -0.1) is 24.0 Å². The van der Waals surface area contributed by atoms with Crippen molar-refractivity contribution in [3.05, 3.63) is 34.9 Å². The van der Waals surface area contributed by atoms with Crippen LogP contribution < -0.4 is 5.32 Å². The summed E-state index contributed by atoms with van der Waals surface area (Å²) in [4.78, 5) is 6.38. The molecule has 20 heavy (non-hydrogen) atoms. The Kier molecular flexibility index (Phi) is 11.4. The van der Waals surface area contributed by atoms with Gasteiger partial charge in [0, 0.05) is 32.2 Å². The van der Waals surface area contributed by atoms with Crippen LogP contribution >= 0.6 is 47.3 Å². The van der Waals surface area contributed by atoms with Crippen molar-refractivity contribution in [3.8, 4) is 0 Å². The molecule has 1 aromatic carbocycles. The van der Waals surface area contributed by atoms with Crippen LogP contribution in [0.3, 0.4) is 0 Å². The highest BCUT2D eigenvalue weighted by molar-refractivity contribution is 14.0. The Morgan fingerprint density at radius 2 is 2.10 bits per heavy atom. The van der Waals surface area contributed by atoms with Crippen LogP contribution in [0.1, 0.15) is 12.0 Å². The molecule has 0 saturated heterocycles. The van der Waals surface area contributed by atoms with Crippen molar-refractivity contribution in [1.29, 1.82) is 0 Å². The monoisotopic (exact) mass is 427 g/mol. The van der Waals surface area contributed by atoms with Gasteiger partial charge in [0.15, 0.2) is 5.96 Å². The first-order valence-corrected chi connectivity index (χ1v) is 8.10. The van der Waals surface area contributed by atoms with Gasteiger partial charge in [0.1, 0.15) is 0 Å². The minimum Gasteiger partial charge on any atom is -0.356 e. The molecule has 0 aromatic heterocycles. The molecule has 3 nitrogen and oxygen atoms in total. The molecule has 0 bridgehead atoms. The molecule has 0 heterocycles. The summed E-state index contributed by atoms with van der Waals surface area (Å²) in [5.74, 6) is 2.07. The highest BCUT2D eigenvalue weighted by Gasteiger charge is 2.07. The predicted octanol–water partition coefficient (Wildman–Crippen LogP) is 3.72. The average molecular weight is 428 g/mol. The van der Waals surface area contributed by atoms with Crippen molar-refractivity contribution in [2.75, 3.05) is 32.6 Å². The molecule has 6 heteroatoms. The number of nitrogens with zero attached hydrogens (tertiary/aromatic N) is 2. The van der Waals surface area contributed by atoms with Gasteiger partial charge in [0.25, 0.3) is 0 Å². The van der Waals surface area contributed by atoms with Crippen LogP contribution in [-0.2, 0) is 6.54 Å². The van der Waals surface area contributed by atoms with Crippen molar-refractivity contribution in [1.82, 2.24) is 10.2 Å². The second-order valence-corrected chi connectivity index (χ2v) is 5.66. The normalized spacial score (nSPS) is 10.9. The predicted molar refractivity (Wildman–Crippen MR) is 103 cm³/mol. The fourth-order valence-electron chi connectivity index (χ4n) is 1.76. The smallest absolute Gasteiger partial charge is 0.193 e. The third kappa shape index (κ3) is 7.04. The maximum atomic E-state index is 6.17. The fourth-order valence-corrected chi connectivity index (χ4v) is 2.39. The molecule has 0 atom stereocenters. The summed E-state index contributed by atoms with van der Waals surface area (Å²) in [7, 11) is 3.83. The van der Waals surface area contributed by atoms with Crippen LogP contribution in [0.5, 0.6) is 0 Å². The highest BCUT2D eigenvalue weighted by atomic mass is 127. The maximum absolute atomic E-state index is 6.17. The lowest BCUT2D eigenvalue weighted by molar-refractivity contribution is 0.477. The molecule has 1 N–H and O–H groups in total. The summed E-state index contributed by atoms with van der Waals surface area (Å²) in [6.45, 7) is 1.70. The van der Waals surface area contributed by atoms with Crippen molar-refractivity contribution in [2.45, 2.75) is 13.0 Å². The van der Waals surface area contributed by atoms with Crippen molar-refractivity contribution in [3.63, 3.8) is 0 Å². The van der Waals surface area contributed by atoms with Crippen LogP contribution in [0.2, 0.25) is 5.02 Å². The van der Waals surface area contributed by atoms with Gasteiger partial charge < -0.3 is 10.2 Å². The SMILES string of the molecule is CN=C(NCCCSC)N(C)Cc1ccccc1Cl.I. The van der Waals surface area contributed by atoms with E-state index in [9.17, 15) is 0 Å². The zero-order valence-electron chi connectivity index (χ0n) is 12.2. The van der Waals surface area contributed by atoms with E-state index in [2.05, 4.69) is 21.5 Å². The molecule has 0 aliphatic heterocycles. The van der Waals surface area contributed by atoms with Gasteiger partial charge in [-0.3, -0.25) is 4.99 Å². The van der Waals surface area contributed by atoms with Crippen molar-refractivity contribution >= 4 is 53.3 Å². The molecule has 114 valence electrons. The highest BCUT2D eigenvalue weighted by Crippen LogP contribution is 2.16. The van der Waals surface area contributed by atoms with E-state index in [1.807, 2.05) is 43.1 Å². The average Bonchev–Trinajstić information content (AvgIpc) is 2.41. The molecular weight excluding hydrogens is 405 g/mol. The molecule has 1 aromatic rings. The largest absolute Gasteiger partial charge is 0.356 e. The number of rotatable bonds is 6. The summed E-state index contributed by atoms with van der Waals surface area (Å²) in [6, 6.07) is 7.91. The van der Waals surface area contributed by atoms with Gasteiger partial charge in [-0.2, -0.15) is 11.8 Å². The Balaban J connectivity index is 0.00000361. The molecule has 0 unspecified atom stereocenters. The molecule has 0 spiro atoms. The van der Waals surface area contributed by atoms with Gasteiger partial charge in [0.2, 0.25) is 0 Å². The van der Waals surface area contributed by atoms with E-state index in [0.717, 1.165) is 41.8 Å². The summed E-state index contributed by atoms with van der Waals surface area (Å²) in [6.07, 6.45) is 3.26. The Labute approximate surface area is 148 Å². The molecular formula is C14H23ClIN3S. The van der Waals surface area contributed by atoms with E-state index in [0.29, 0.717) is 0 Å². The first kappa shape index (κ1) is 19.9. The Morgan fingerprint density at radius 1 is 1.40 bits per heavy atom. The summed E-state index contributed by atoms with van der Waals surface area (Å²) in [5, 5.41) is 4.16. The number of hydrogen-bond acceptors (Lipinski definition) is 2. The fraction of sp³-hybridized carbons (Fsp3) is 0.500. The molecule has 0 saturated carbocycles. The third-order valence-electron chi connectivity index (χ3n) is 2.75. The topological polar surface area (TPSA) is 27.6 Å². The molecule has 1 rings (SSSR count). The maximum Gasteiger partial charge on any atom is 0.193 e. The molecule has 0 aliphatic rings. The molecule has 0 amide bonds. The van der Waals surface area contributed by atoms with Crippen molar-refractivity contribution in [2.24, 2.45) is 4.99 Å². The zero-order valence-corrected chi connectivity index (χ0v) is 16.1. The number of halogens is 2. The lowest BCUT2D eigenvalue weighted by Crippen LogP contribution is -2.39. The number of benzene rings is 1. The van der Waals surface area contributed by atoms with Crippen LogP contribution in [0, 0.1) is 0 Å². The van der Waals surface area contributed by atoms with Gasteiger partial charge in [-0.05, 0) is 30.1 Å². The Morgan fingerprint density at radius 3 is 2.70 bits per heavy atom. The van der Waals surface area contributed by atoms with E-state index >= 15 is 0 Å². The van der Waals surface area contributed by atoms with E-state index in [1.165, 1.54) is 0 Å². The minimum atomic E-state index is 0. The van der Waals surface area contributed by atoms with Gasteiger partial charge in [-0.25, -0.2) is 0 Å². The molecule has 0 radical (unpaired) electrons. The van der Waals surface area contributed by atoms with Crippen LogP contribution in [0.25, 0.3) is 0 Å². The summed E-state index contributed by atoms with van der Waals surface area (Å²) < 4.78 is 0. The second kappa shape index (κ2) is 11.5. The van der Waals surface area contributed by atoms with Gasteiger partial charge in [0.05, 0.1) is 0 Å². The summed E-state index contributed by atoms with van der Waals surface area (Å²) in [5.41, 5.74) is 1.11. The second-order valence-electron chi connectivity index (χ2n) is 4.27. The number of guanidine groups is 1. The van der Waals surface area contributed by atoms with E-state index in [-0.39, 0.29) is 24.0 Å². The Bertz CT molecular complexity index is 415. The van der Waals surface area contributed by atoms with Crippen LogP contribution in [-0.4, -0.2) is 43.5 Å². The van der Waals surface area contributed by atoms with Gasteiger partial charge in [-0.1, -0.05) is 29.8 Å². The molecule has 0 aliphatic carbocycles. The quantitative estimate of drug-likeness (QED) is 0.324. The standard InChI is InChI=1S/C14H22ClN3S.HI/c1-16-14(17-9-6-10-19-3)18(2)11-12-7-4-5-8-13(12)15;/h4-5,7-8H,6,9-11H2,1-3H3,(H,16,17);1H. The lowest BCUT2D eigenvalue weighted by Gasteiger charge is -2.22. The third-order valence-corrected chi connectivity index (χ3v) is 3.81. The number of thioether (sulfide) groups is 1. The van der Waals surface area contributed by atoms with Gasteiger partial charge >= 0.3 is 0 Å². The van der Waals surface area contributed by atoms with Crippen LogP contribution in [0.15, 0.2) is 29.3 Å². The van der Waals surface area contributed by atoms with E-state index < -0.39 is 0 Å². The summed E-state index contributed by atoms with van der Waals surface area (Å²) >= 11 is 8.04. The number of nitrogens with one attached hydrogen (secondary N) is 1. The lowest BCUT2D eigenvalue weighted by atomic mass is 10.2. The Hall–Kier alpha value is -0.140. The first-order chi connectivity index (χ1) is 9.19. The van der Waals surface area contributed by atoms with Crippen LogP contribution in [0.4, 0.5) is 0 Å². The first-order valence-electron chi connectivity index (χ1n) is 6.33. The van der Waals surface area contributed by atoms with Crippen molar-refractivity contribution < 1.29 is 0 Å². The minimum absolute atomic E-state index is 0.